The summed E-state index contributed by atoms with van der Waals surface area (Å²) >= 11 is 0. The van der Waals surface area contributed by atoms with Crippen LogP contribution in [-0.4, -0.2) is 38.3 Å². The van der Waals surface area contributed by atoms with E-state index in [-0.39, 0.29) is 12.0 Å². The van der Waals surface area contributed by atoms with Crippen LogP contribution in [0.15, 0.2) is 18.2 Å². The minimum absolute atomic E-state index is 0.0330. The Bertz CT molecular complexity index is 484. The van der Waals surface area contributed by atoms with Gasteiger partial charge in [0.05, 0.1) is 17.5 Å². The van der Waals surface area contributed by atoms with Crippen LogP contribution in [0.4, 0.5) is 11.4 Å². The Balaban J connectivity index is 1.59. The predicted molar refractivity (Wildman–Crippen MR) is 79.3 cm³/mol. The number of carbonyl (C=O) groups excluding carboxylic acids is 1. The van der Waals surface area contributed by atoms with Crippen molar-refractivity contribution in [2.45, 2.75) is 25.4 Å². The first-order chi connectivity index (χ1) is 9.83. The molecule has 0 bridgehead atoms. The van der Waals surface area contributed by atoms with Crippen molar-refractivity contribution in [1.82, 2.24) is 5.32 Å². The molecule has 1 saturated heterocycles. The third-order valence-corrected chi connectivity index (χ3v) is 3.80. The van der Waals surface area contributed by atoms with E-state index >= 15 is 0 Å². The molecule has 3 N–H and O–H groups in total. The second-order valence-electron chi connectivity index (χ2n) is 5.31. The maximum absolute atomic E-state index is 12.2. The first kappa shape index (κ1) is 13.2. The maximum Gasteiger partial charge on any atom is 0.251 e. The molecule has 5 nitrogen and oxygen atoms in total. The highest BCUT2D eigenvalue weighted by Crippen LogP contribution is 2.25. The van der Waals surface area contributed by atoms with E-state index in [0.717, 1.165) is 43.9 Å². The lowest BCUT2D eigenvalue weighted by Gasteiger charge is -2.23. The summed E-state index contributed by atoms with van der Waals surface area (Å²) in [7, 11) is 0. The van der Waals surface area contributed by atoms with Gasteiger partial charge in [-0.2, -0.15) is 0 Å². The molecule has 0 radical (unpaired) electrons. The molecule has 1 fully saturated rings. The molecule has 2 aliphatic heterocycles. The van der Waals surface area contributed by atoms with Crippen LogP contribution in [0.3, 0.4) is 0 Å². The third kappa shape index (κ3) is 3.04. The quantitative estimate of drug-likeness (QED) is 0.787. The molecule has 1 aromatic rings. The van der Waals surface area contributed by atoms with Crippen LogP contribution in [0.2, 0.25) is 0 Å². The monoisotopic (exact) mass is 275 g/mol. The number of ether oxygens (including phenoxy) is 1. The molecule has 5 heteroatoms. The lowest BCUT2D eigenvalue weighted by Crippen LogP contribution is -2.35. The Labute approximate surface area is 119 Å². The van der Waals surface area contributed by atoms with E-state index in [2.05, 4.69) is 16.0 Å². The fourth-order valence-corrected chi connectivity index (χ4v) is 2.66. The van der Waals surface area contributed by atoms with Gasteiger partial charge in [0.15, 0.2) is 0 Å². The maximum atomic E-state index is 12.2. The summed E-state index contributed by atoms with van der Waals surface area (Å²) in [6.07, 6.45) is 3.53. The summed E-state index contributed by atoms with van der Waals surface area (Å²) in [5.41, 5.74) is 2.75. The summed E-state index contributed by atoms with van der Waals surface area (Å²) in [5, 5.41) is 9.56. The van der Waals surface area contributed by atoms with Crippen LogP contribution >= 0.6 is 0 Å². The van der Waals surface area contributed by atoms with Crippen LogP contribution < -0.4 is 16.0 Å². The fourth-order valence-electron chi connectivity index (χ4n) is 2.66. The molecule has 20 heavy (non-hydrogen) atoms. The van der Waals surface area contributed by atoms with Crippen LogP contribution in [0, 0.1) is 0 Å². The Morgan fingerprint density at radius 3 is 2.90 bits per heavy atom. The van der Waals surface area contributed by atoms with Crippen molar-refractivity contribution in [2.24, 2.45) is 0 Å². The predicted octanol–water partition coefficient (Wildman–Crippen LogP) is 1.82. The van der Waals surface area contributed by atoms with Gasteiger partial charge in [-0.3, -0.25) is 4.79 Å². The fraction of sp³-hybridized carbons (Fsp3) is 0.533. The van der Waals surface area contributed by atoms with E-state index in [1.807, 2.05) is 18.2 Å². The minimum atomic E-state index is -0.0330. The highest BCUT2D eigenvalue weighted by Gasteiger charge is 2.16. The molecule has 1 amide bonds. The van der Waals surface area contributed by atoms with Crippen molar-refractivity contribution in [2.75, 3.05) is 36.9 Å². The van der Waals surface area contributed by atoms with Gasteiger partial charge in [0.2, 0.25) is 0 Å². The van der Waals surface area contributed by atoms with Gasteiger partial charge in [0.25, 0.3) is 5.91 Å². The summed E-state index contributed by atoms with van der Waals surface area (Å²) in [6.45, 7) is 3.21. The second-order valence-corrected chi connectivity index (χ2v) is 5.31. The molecular formula is C15H21N3O2. The van der Waals surface area contributed by atoms with Crippen molar-refractivity contribution in [1.29, 1.82) is 0 Å². The molecule has 2 heterocycles. The molecule has 3 rings (SSSR count). The number of fused-ring (bicyclic) bond motifs is 1. The van der Waals surface area contributed by atoms with Crippen LogP contribution in [0.5, 0.6) is 0 Å². The van der Waals surface area contributed by atoms with E-state index in [4.69, 9.17) is 4.74 Å². The standard InChI is InChI=1S/C15H21N3O2/c19-15(18-10-12-3-1-2-8-20-12)11-4-5-13-14(9-11)17-7-6-16-13/h4-5,9,12,16-17H,1-3,6-8,10H2,(H,18,19). The number of hydrogen-bond donors (Lipinski definition) is 3. The number of rotatable bonds is 3. The smallest absolute Gasteiger partial charge is 0.251 e. The lowest BCUT2D eigenvalue weighted by molar-refractivity contribution is 0.0169. The van der Waals surface area contributed by atoms with Crippen molar-refractivity contribution in [3.05, 3.63) is 23.8 Å². The summed E-state index contributed by atoms with van der Waals surface area (Å²) < 4.78 is 5.62. The summed E-state index contributed by atoms with van der Waals surface area (Å²) in [4.78, 5) is 12.2. The van der Waals surface area contributed by atoms with E-state index in [0.29, 0.717) is 12.1 Å². The minimum Gasteiger partial charge on any atom is -0.382 e. The second kappa shape index (κ2) is 6.13. The molecule has 1 atom stereocenters. The summed E-state index contributed by atoms with van der Waals surface area (Å²) in [5.74, 6) is -0.0330. The molecule has 0 spiro atoms. The first-order valence-corrected chi connectivity index (χ1v) is 7.34. The van der Waals surface area contributed by atoms with Gasteiger partial charge in [-0.15, -0.1) is 0 Å². The van der Waals surface area contributed by atoms with Crippen molar-refractivity contribution in [3.8, 4) is 0 Å². The van der Waals surface area contributed by atoms with Crippen molar-refractivity contribution < 1.29 is 9.53 Å². The number of benzene rings is 1. The molecule has 1 unspecified atom stereocenters. The average Bonchev–Trinajstić information content (AvgIpc) is 2.53. The van der Waals surface area contributed by atoms with Gasteiger partial charge in [-0.25, -0.2) is 0 Å². The number of amides is 1. The van der Waals surface area contributed by atoms with E-state index < -0.39 is 0 Å². The van der Waals surface area contributed by atoms with Crippen molar-refractivity contribution in [3.63, 3.8) is 0 Å². The van der Waals surface area contributed by atoms with Gasteiger partial charge in [0.1, 0.15) is 0 Å². The summed E-state index contributed by atoms with van der Waals surface area (Å²) in [6, 6.07) is 5.71. The zero-order valence-electron chi connectivity index (χ0n) is 11.6. The van der Waals surface area contributed by atoms with Gasteiger partial charge in [0, 0.05) is 31.8 Å². The topological polar surface area (TPSA) is 62.4 Å². The first-order valence-electron chi connectivity index (χ1n) is 7.34. The Morgan fingerprint density at radius 2 is 2.10 bits per heavy atom. The van der Waals surface area contributed by atoms with Crippen LogP contribution in [0.1, 0.15) is 29.6 Å². The average molecular weight is 275 g/mol. The number of anilines is 2. The zero-order chi connectivity index (χ0) is 13.8. The van der Waals surface area contributed by atoms with Gasteiger partial charge in [-0.1, -0.05) is 0 Å². The van der Waals surface area contributed by atoms with Crippen LogP contribution in [0.25, 0.3) is 0 Å². The van der Waals surface area contributed by atoms with E-state index in [1.165, 1.54) is 6.42 Å². The largest absolute Gasteiger partial charge is 0.382 e. The van der Waals surface area contributed by atoms with Gasteiger partial charge < -0.3 is 20.7 Å². The van der Waals surface area contributed by atoms with E-state index in [9.17, 15) is 4.79 Å². The molecular weight excluding hydrogens is 254 g/mol. The highest BCUT2D eigenvalue weighted by atomic mass is 16.5. The van der Waals surface area contributed by atoms with Crippen molar-refractivity contribution >= 4 is 17.3 Å². The zero-order valence-corrected chi connectivity index (χ0v) is 11.6. The van der Waals surface area contributed by atoms with E-state index in [1.54, 1.807) is 0 Å². The Kier molecular flexibility index (Phi) is 4.06. The SMILES string of the molecule is O=C(NCC1CCCCO1)c1ccc2c(c1)NCCN2. The van der Waals surface area contributed by atoms with Gasteiger partial charge >= 0.3 is 0 Å². The molecule has 0 aromatic heterocycles. The normalized spacial score (nSPS) is 21.3. The number of hydrogen-bond acceptors (Lipinski definition) is 4. The molecule has 0 saturated carbocycles. The van der Waals surface area contributed by atoms with Crippen LogP contribution in [-0.2, 0) is 4.74 Å². The third-order valence-electron chi connectivity index (χ3n) is 3.80. The lowest BCUT2D eigenvalue weighted by atomic mass is 10.1. The molecule has 0 aliphatic carbocycles. The molecule has 2 aliphatic rings. The molecule has 1 aromatic carbocycles. The Hall–Kier alpha value is -1.75. The number of carbonyl (C=O) groups is 1. The molecule has 108 valence electrons. The Morgan fingerprint density at radius 1 is 1.25 bits per heavy atom. The van der Waals surface area contributed by atoms with Gasteiger partial charge in [-0.05, 0) is 37.5 Å². The highest BCUT2D eigenvalue weighted by molar-refractivity contribution is 5.96. The number of nitrogens with one attached hydrogen (secondary N) is 3.